The van der Waals surface area contributed by atoms with Gasteiger partial charge in [-0.25, -0.2) is 0 Å². The monoisotopic (exact) mass is 155 g/mol. The summed E-state index contributed by atoms with van der Waals surface area (Å²) in [5.41, 5.74) is -0.0456. The molecule has 1 saturated carbocycles. The van der Waals surface area contributed by atoms with Crippen molar-refractivity contribution < 1.29 is 4.79 Å². The van der Waals surface area contributed by atoms with Crippen LogP contribution in [-0.2, 0) is 4.79 Å². The Kier molecular flexibility index (Phi) is 2.53. The zero-order valence-electron chi connectivity index (χ0n) is 7.44. The Balaban J connectivity index is 2.49. The number of hydrogen-bond acceptors (Lipinski definition) is 1. The van der Waals surface area contributed by atoms with Crippen molar-refractivity contribution in [1.82, 2.24) is 5.32 Å². The number of rotatable bonds is 2. The van der Waals surface area contributed by atoms with Gasteiger partial charge in [0.15, 0.2) is 0 Å². The Morgan fingerprint density at radius 3 is 2.45 bits per heavy atom. The molecule has 0 aliphatic heterocycles. The van der Waals surface area contributed by atoms with E-state index in [2.05, 4.69) is 12.2 Å². The molecule has 1 aliphatic rings. The van der Waals surface area contributed by atoms with Crippen LogP contribution in [0.2, 0.25) is 0 Å². The third kappa shape index (κ3) is 1.73. The molecule has 1 fully saturated rings. The van der Waals surface area contributed by atoms with Crippen LogP contribution < -0.4 is 5.32 Å². The maximum absolute atomic E-state index is 11.5. The molecule has 0 aromatic heterocycles. The van der Waals surface area contributed by atoms with Crippen LogP contribution in [0, 0.1) is 5.41 Å². The highest BCUT2D eigenvalue weighted by Crippen LogP contribution is 2.37. The molecule has 0 aromatic carbocycles. The van der Waals surface area contributed by atoms with E-state index >= 15 is 0 Å². The van der Waals surface area contributed by atoms with Crippen LogP contribution in [0.3, 0.4) is 0 Å². The van der Waals surface area contributed by atoms with E-state index < -0.39 is 0 Å². The minimum atomic E-state index is -0.0456. The molecule has 0 heterocycles. The molecule has 11 heavy (non-hydrogen) atoms. The lowest BCUT2D eigenvalue weighted by Crippen LogP contribution is -2.36. The van der Waals surface area contributed by atoms with E-state index in [9.17, 15) is 4.79 Å². The lowest BCUT2D eigenvalue weighted by Gasteiger charge is -2.21. The second kappa shape index (κ2) is 3.24. The van der Waals surface area contributed by atoms with Crippen LogP contribution in [-0.4, -0.2) is 12.5 Å². The van der Waals surface area contributed by atoms with E-state index in [1.165, 1.54) is 12.8 Å². The van der Waals surface area contributed by atoms with Gasteiger partial charge in [-0.05, 0) is 19.8 Å². The predicted molar refractivity (Wildman–Crippen MR) is 45.3 cm³/mol. The smallest absolute Gasteiger partial charge is 0.225 e. The van der Waals surface area contributed by atoms with Crippen molar-refractivity contribution in [2.24, 2.45) is 5.41 Å². The first kappa shape index (κ1) is 8.57. The van der Waals surface area contributed by atoms with Gasteiger partial charge in [-0.15, -0.1) is 0 Å². The van der Waals surface area contributed by atoms with Gasteiger partial charge in [0.2, 0.25) is 5.91 Å². The standard InChI is InChI=1S/C9H17NO/c1-3-10-8(11)9(2)6-4-5-7-9/h3-7H2,1-2H3,(H,10,11). The summed E-state index contributed by atoms with van der Waals surface area (Å²) >= 11 is 0. The number of hydrogen-bond donors (Lipinski definition) is 1. The van der Waals surface area contributed by atoms with Crippen molar-refractivity contribution >= 4 is 5.91 Å². The van der Waals surface area contributed by atoms with Gasteiger partial charge in [0, 0.05) is 12.0 Å². The van der Waals surface area contributed by atoms with Crippen LogP contribution in [0.25, 0.3) is 0 Å². The van der Waals surface area contributed by atoms with Gasteiger partial charge in [0.05, 0.1) is 0 Å². The zero-order chi connectivity index (χ0) is 8.32. The highest BCUT2D eigenvalue weighted by atomic mass is 16.2. The maximum atomic E-state index is 11.5. The summed E-state index contributed by atoms with van der Waals surface area (Å²) < 4.78 is 0. The number of nitrogens with one attached hydrogen (secondary N) is 1. The van der Waals surface area contributed by atoms with Crippen molar-refractivity contribution in [3.8, 4) is 0 Å². The Bertz CT molecular complexity index is 148. The van der Waals surface area contributed by atoms with Crippen LogP contribution in [0.1, 0.15) is 39.5 Å². The van der Waals surface area contributed by atoms with Crippen molar-refractivity contribution in [3.63, 3.8) is 0 Å². The number of amides is 1. The summed E-state index contributed by atoms with van der Waals surface area (Å²) in [6, 6.07) is 0. The normalized spacial score (nSPS) is 21.6. The zero-order valence-corrected chi connectivity index (χ0v) is 7.44. The van der Waals surface area contributed by atoms with E-state index in [4.69, 9.17) is 0 Å². The molecule has 1 amide bonds. The minimum Gasteiger partial charge on any atom is -0.356 e. The fourth-order valence-electron chi connectivity index (χ4n) is 1.76. The molecule has 0 radical (unpaired) electrons. The van der Waals surface area contributed by atoms with E-state index in [0.717, 1.165) is 19.4 Å². The van der Waals surface area contributed by atoms with E-state index in [1.807, 2.05) is 6.92 Å². The highest BCUT2D eigenvalue weighted by molar-refractivity contribution is 5.82. The van der Waals surface area contributed by atoms with Crippen molar-refractivity contribution in [2.75, 3.05) is 6.54 Å². The van der Waals surface area contributed by atoms with Crippen molar-refractivity contribution in [2.45, 2.75) is 39.5 Å². The minimum absolute atomic E-state index is 0.0456. The summed E-state index contributed by atoms with van der Waals surface area (Å²) in [5.74, 6) is 0.248. The largest absolute Gasteiger partial charge is 0.356 e. The average Bonchev–Trinajstić information content (AvgIpc) is 2.38. The van der Waals surface area contributed by atoms with Crippen molar-refractivity contribution in [3.05, 3.63) is 0 Å². The predicted octanol–water partition coefficient (Wildman–Crippen LogP) is 1.70. The van der Waals surface area contributed by atoms with Crippen LogP contribution in [0.15, 0.2) is 0 Å². The van der Waals surface area contributed by atoms with E-state index in [-0.39, 0.29) is 11.3 Å². The molecule has 0 bridgehead atoms. The lowest BCUT2D eigenvalue weighted by molar-refractivity contribution is -0.129. The summed E-state index contributed by atoms with van der Waals surface area (Å²) in [6.07, 6.45) is 4.57. The average molecular weight is 155 g/mol. The lowest BCUT2D eigenvalue weighted by atomic mass is 9.88. The molecule has 2 heteroatoms. The maximum Gasteiger partial charge on any atom is 0.225 e. The van der Waals surface area contributed by atoms with Gasteiger partial charge in [0.1, 0.15) is 0 Å². The number of carbonyl (C=O) groups is 1. The Morgan fingerprint density at radius 2 is 2.00 bits per heavy atom. The fraction of sp³-hybridized carbons (Fsp3) is 0.889. The van der Waals surface area contributed by atoms with Crippen LogP contribution >= 0.6 is 0 Å². The summed E-state index contributed by atoms with van der Waals surface area (Å²) in [5, 5.41) is 2.89. The number of carbonyl (C=O) groups excluding carboxylic acids is 1. The van der Waals surface area contributed by atoms with Gasteiger partial charge >= 0.3 is 0 Å². The second-order valence-electron chi connectivity index (χ2n) is 3.63. The Labute approximate surface area is 68.4 Å². The molecular weight excluding hydrogens is 138 g/mol. The molecular formula is C9H17NO. The second-order valence-corrected chi connectivity index (χ2v) is 3.63. The summed E-state index contributed by atoms with van der Waals surface area (Å²) in [7, 11) is 0. The van der Waals surface area contributed by atoms with E-state index in [1.54, 1.807) is 0 Å². The molecule has 1 N–H and O–H groups in total. The van der Waals surface area contributed by atoms with Gasteiger partial charge in [-0.3, -0.25) is 4.79 Å². The Morgan fingerprint density at radius 1 is 1.45 bits per heavy atom. The molecule has 0 unspecified atom stereocenters. The molecule has 64 valence electrons. The van der Waals surface area contributed by atoms with Gasteiger partial charge < -0.3 is 5.32 Å². The highest BCUT2D eigenvalue weighted by Gasteiger charge is 2.35. The molecule has 2 nitrogen and oxygen atoms in total. The quantitative estimate of drug-likeness (QED) is 0.646. The molecule has 0 spiro atoms. The topological polar surface area (TPSA) is 29.1 Å². The summed E-state index contributed by atoms with van der Waals surface area (Å²) in [6.45, 7) is 4.80. The molecule has 0 aromatic rings. The van der Waals surface area contributed by atoms with Gasteiger partial charge in [-0.2, -0.15) is 0 Å². The first-order valence-electron chi connectivity index (χ1n) is 4.47. The third-order valence-electron chi connectivity index (χ3n) is 2.59. The molecule has 1 rings (SSSR count). The van der Waals surface area contributed by atoms with Gasteiger partial charge in [-0.1, -0.05) is 19.8 Å². The first-order valence-corrected chi connectivity index (χ1v) is 4.47. The van der Waals surface area contributed by atoms with Crippen LogP contribution in [0.4, 0.5) is 0 Å². The van der Waals surface area contributed by atoms with E-state index in [0.29, 0.717) is 0 Å². The fourth-order valence-corrected chi connectivity index (χ4v) is 1.76. The third-order valence-corrected chi connectivity index (χ3v) is 2.59. The van der Waals surface area contributed by atoms with Crippen molar-refractivity contribution in [1.29, 1.82) is 0 Å². The molecule has 0 saturated heterocycles. The molecule has 1 aliphatic carbocycles. The summed E-state index contributed by atoms with van der Waals surface area (Å²) in [4.78, 5) is 11.5. The SMILES string of the molecule is CCNC(=O)C1(C)CCCC1. The van der Waals surface area contributed by atoms with Gasteiger partial charge in [0.25, 0.3) is 0 Å². The first-order chi connectivity index (χ1) is 5.19. The Hall–Kier alpha value is -0.530. The van der Waals surface area contributed by atoms with Crippen LogP contribution in [0.5, 0.6) is 0 Å². The molecule has 0 atom stereocenters.